The van der Waals surface area contributed by atoms with Gasteiger partial charge in [0.15, 0.2) is 0 Å². The average molecular weight is 339 g/mol. The van der Waals surface area contributed by atoms with Crippen LogP contribution in [0, 0.1) is 0 Å². The summed E-state index contributed by atoms with van der Waals surface area (Å²) in [5, 5.41) is 4.03. The highest BCUT2D eigenvalue weighted by molar-refractivity contribution is 7.99. The summed E-state index contributed by atoms with van der Waals surface area (Å²) in [6.45, 7) is 5.48. The number of hydrogen-bond acceptors (Lipinski definition) is 4. The first-order valence-electron chi connectivity index (χ1n) is 7.94. The summed E-state index contributed by atoms with van der Waals surface area (Å²) in [5.74, 6) is -0.331. The van der Waals surface area contributed by atoms with Crippen LogP contribution in [0.1, 0.15) is 31.7 Å². The van der Waals surface area contributed by atoms with E-state index in [-0.39, 0.29) is 5.97 Å². The molecule has 0 atom stereocenters. The average Bonchev–Trinajstić information content (AvgIpc) is 2.63. The molecule has 0 amide bonds. The second-order valence-corrected chi connectivity index (χ2v) is 6.27. The number of hydrogen-bond donors (Lipinski definition) is 0. The molecule has 3 nitrogen and oxygen atoms in total. The Morgan fingerprint density at radius 3 is 2.42 bits per heavy atom. The van der Waals surface area contributed by atoms with Gasteiger partial charge in [-0.25, -0.2) is 4.79 Å². The van der Waals surface area contributed by atoms with Crippen molar-refractivity contribution in [3.05, 3.63) is 72.8 Å². The number of rotatable bonds is 8. The van der Waals surface area contributed by atoms with Crippen molar-refractivity contribution in [3.8, 4) is 0 Å². The highest BCUT2D eigenvalue weighted by Gasteiger charge is 2.07. The van der Waals surface area contributed by atoms with E-state index in [0.29, 0.717) is 12.8 Å². The summed E-state index contributed by atoms with van der Waals surface area (Å²) < 4.78 is 0. The lowest BCUT2D eigenvalue weighted by Gasteiger charge is -2.07. The zero-order chi connectivity index (χ0) is 17.2. The van der Waals surface area contributed by atoms with E-state index >= 15 is 0 Å². The topological polar surface area (TPSA) is 38.7 Å². The standard InChI is InChI=1S/C20H21NO2S/c1-3-5-11-19(21-23-20(22)4-2)16-12-14-18(15-13-16)24-17-9-7-6-8-10-17/h3,6-10,12-15H,1,4-5,11H2,2H3/b21-19+. The van der Waals surface area contributed by atoms with Gasteiger partial charge in [-0.05, 0) is 42.7 Å². The maximum absolute atomic E-state index is 11.3. The number of nitrogens with zero attached hydrogens (tertiary/aromatic N) is 1. The lowest BCUT2D eigenvalue weighted by molar-refractivity contribution is -0.143. The Morgan fingerprint density at radius 2 is 1.79 bits per heavy atom. The second kappa shape index (κ2) is 9.73. The molecule has 0 radical (unpaired) electrons. The molecule has 0 fully saturated rings. The van der Waals surface area contributed by atoms with Crippen molar-refractivity contribution in [1.29, 1.82) is 0 Å². The van der Waals surface area contributed by atoms with Crippen molar-refractivity contribution in [1.82, 2.24) is 0 Å². The van der Waals surface area contributed by atoms with E-state index in [1.165, 1.54) is 4.90 Å². The lowest BCUT2D eigenvalue weighted by atomic mass is 10.1. The molecule has 2 rings (SSSR count). The smallest absolute Gasteiger partial charge is 0.318 e. The normalized spacial score (nSPS) is 11.1. The summed E-state index contributed by atoms with van der Waals surface area (Å²) in [6, 6.07) is 18.3. The van der Waals surface area contributed by atoms with Crippen LogP contribution in [0.3, 0.4) is 0 Å². The van der Waals surface area contributed by atoms with E-state index in [1.807, 2.05) is 36.4 Å². The molecule has 0 bridgehead atoms. The second-order valence-electron chi connectivity index (χ2n) is 5.12. The van der Waals surface area contributed by atoms with E-state index in [2.05, 4.69) is 36.0 Å². The molecular formula is C20H21NO2S. The summed E-state index contributed by atoms with van der Waals surface area (Å²) in [5.41, 5.74) is 1.71. The van der Waals surface area contributed by atoms with Crippen LogP contribution >= 0.6 is 11.8 Å². The first-order chi connectivity index (χ1) is 11.7. The number of benzene rings is 2. The maximum Gasteiger partial charge on any atom is 0.334 e. The van der Waals surface area contributed by atoms with Crippen LogP contribution in [0.4, 0.5) is 0 Å². The summed E-state index contributed by atoms with van der Waals surface area (Å²) >= 11 is 1.71. The first-order valence-corrected chi connectivity index (χ1v) is 8.75. The number of allylic oxidation sites excluding steroid dienone is 1. The van der Waals surface area contributed by atoms with Crippen LogP contribution in [-0.4, -0.2) is 11.7 Å². The molecular weight excluding hydrogens is 318 g/mol. The molecule has 2 aromatic rings. The van der Waals surface area contributed by atoms with Crippen molar-refractivity contribution >= 4 is 23.4 Å². The molecule has 0 heterocycles. The van der Waals surface area contributed by atoms with Crippen LogP contribution in [0.5, 0.6) is 0 Å². The van der Waals surface area contributed by atoms with Crippen molar-refractivity contribution in [2.75, 3.05) is 0 Å². The zero-order valence-corrected chi connectivity index (χ0v) is 14.6. The monoisotopic (exact) mass is 339 g/mol. The summed E-state index contributed by atoms with van der Waals surface area (Å²) in [7, 11) is 0. The van der Waals surface area contributed by atoms with Gasteiger partial charge in [-0.3, -0.25) is 0 Å². The van der Waals surface area contributed by atoms with Crippen LogP contribution < -0.4 is 0 Å². The molecule has 2 aromatic carbocycles. The molecule has 4 heteroatoms. The minimum absolute atomic E-state index is 0.310. The third kappa shape index (κ3) is 5.70. The van der Waals surface area contributed by atoms with Gasteiger partial charge in [0.2, 0.25) is 0 Å². The van der Waals surface area contributed by atoms with Crippen LogP contribution in [0.15, 0.2) is 82.2 Å². The van der Waals surface area contributed by atoms with Crippen LogP contribution in [0.25, 0.3) is 0 Å². The molecule has 24 heavy (non-hydrogen) atoms. The molecule has 0 unspecified atom stereocenters. The molecule has 0 N–H and O–H groups in total. The van der Waals surface area contributed by atoms with Gasteiger partial charge < -0.3 is 4.84 Å². The zero-order valence-electron chi connectivity index (χ0n) is 13.8. The van der Waals surface area contributed by atoms with E-state index in [0.717, 1.165) is 22.6 Å². The fourth-order valence-electron chi connectivity index (χ4n) is 1.99. The minimum Gasteiger partial charge on any atom is -0.318 e. The van der Waals surface area contributed by atoms with Crippen molar-refractivity contribution in [3.63, 3.8) is 0 Å². The van der Waals surface area contributed by atoms with Crippen LogP contribution in [-0.2, 0) is 9.63 Å². The molecule has 0 aromatic heterocycles. The van der Waals surface area contributed by atoms with Gasteiger partial charge in [0.05, 0.1) is 5.71 Å². The van der Waals surface area contributed by atoms with E-state index in [9.17, 15) is 4.79 Å². The quantitative estimate of drug-likeness (QED) is 0.277. The molecule has 0 saturated carbocycles. The number of carbonyl (C=O) groups excluding carboxylic acids is 1. The van der Waals surface area contributed by atoms with Crippen molar-refractivity contribution < 1.29 is 9.63 Å². The van der Waals surface area contributed by atoms with Gasteiger partial charge in [0.1, 0.15) is 0 Å². The fourth-order valence-corrected chi connectivity index (χ4v) is 2.83. The Bertz CT molecular complexity index is 693. The first kappa shape index (κ1) is 18.0. The van der Waals surface area contributed by atoms with Gasteiger partial charge in [0, 0.05) is 16.2 Å². The number of carbonyl (C=O) groups is 1. The third-order valence-electron chi connectivity index (χ3n) is 3.30. The Kier molecular flexibility index (Phi) is 7.30. The molecule has 0 saturated heterocycles. The lowest BCUT2D eigenvalue weighted by Crippen LogP contribution is -2.05. The Morgan fingerprint density at radius 1 is 1.12 bits per heavy atom. The fraction of sp³-hybridized carbons (Fsp3) is 0.200. The summed E-state index contributed by atoms with van der Waals surface area (Å²) in [4.78, 5) is 18.6. The number of oxime groups is 1. The molecule has 124 valence electrons. The Labute approximate surface area is 147 Å². The van der Waals surface area contributed by atoms with Gasteiger partial charge in [-0.2, -0.15) is 0 Å². The van der Waals surface area contributed by atoms with Gasteiger partial charge in [0.25, 0.3) is 0 Å². The van der Waals surface area contributed by atoms with Crippen LogP contribution in [0.2, 0.25) is 0 Å². The Balaban J connectivity index is 2.12. The molecule has 0 aliphatic rings. The highest BCUT2D eigenvalue weighted by atomic mass is 32.2. The minimum atomic E-state index is -0.331. The maximum atomic E-state index is 11.3. The molecule has 0 spiro atoms. The Hall–Kier alpha value is -2.33. The third-order valence-corrected chi connectivity index (χ3v) is 4.31. The van der Waals surface area contributed by atoms with Gasteiger partial charge >= 0.3 is 5.97 Å². The molecule has 0 aliphatic heterocycles. The summed E-state index contributed by atoms with van der Waals surface area (Å²) in [6.07, 6.45) is 3.61. The largest absolute Gasteiger partial charge is 0.334 e. The van der Waals surface area contributed by atoms with Gasteiger partial charge in [-0.15, -0.1) is 6.58 Å². The highest BCUT2D eigenvalue weighted by Crippen LogP contribution is 2.27. The van der Waals surface area contributed by atoms with E-state index in [1.54, 1.807) is 18.7 Å². The van der Waals surface area contributed by atoms with E-state index in [4.69, 9.17) is 4.84 Å². The van der Waals surface area contributed by atoms with E-state index < -0.39 is 0 Å². The molecule has 0 aliphatic carbocycles. The predicted molar refractivity (Wildman–Crippen MR) is 99.4 cm³/mol. The van der Waals surface area contributed by atoms with Crippen molar-refractivity contribution in [2.24, 2.45) is 5.16 Å². The van der Waals surface area contributed by atoms with Crippen molar-refractivity contribution in [2.45, 2.75) is 36.0 Å². The van der Waals surface area contributed by atoms with Gasteiger partial charge in [-0.1, -0.05) is 60.2 Å². The SMILES string of the molecule is C=CCC/C(=N\OC(=O)CC)c1ccc(Sc2ccccc2)cc1. The predicted octanol–water partition coefficient (Wildman–Crippen LogP) is 5.46.